The molecule has 6 heteroatoms. The highest BCUT2D eigenvalue weighted by atomic mass is 16.2. The molecule has 0 aromatic carbocycles. The largest absolute Gasteiger partial charge is 0.342 e. The van der Waals surface area contributed by atoms with Crippen molar-refractivity contribution in [1.82, 2.24) is 24.4 Å². The lowest BCUT2D eigenvalue weighted by atomic mass is 9.97. The number of likely N-dealkylation sites (tertiary alicyclic amines) is 1. The summed E-state index contributed by atoms with van der Waals surface area (Å²) < 4.78 is 1.95. The van der Waals surface area contributed by atoms with E-state index in [1.54, 1.807) is 13.1 Å². The second kappa shape index (κ2) is 5.87. The molecule has 116 valence electrons. The van der Waals surface area contributed by atoms with E-state index in [-0.39, 0.29) is 11.8 Å². The number of aryl methyl sites for hydroxylation is 2. The Labute approximate surface area is 130 Å². The number of imidazole rings is 1. The summed E-state index contributed by atoms with van der Waals surface area (Å²) in [5.41, 5.74) is 1.78. The van der Waals surface area contributed by atoms with Crippen LogP contribution in [0.5, 0.6) is 0 Å². The van der Waals surface area contributed by atoms with Crippen molar-refractivity contribution in [1.29, 1.82) is 0 Å². The highest BCUT2D eigenvalue weighted by molar-refractivity contribution is 5.73. The molecule has 1 aliphatic heterocycles. The predicted molar refractivity (Wildman–Crippen MR) is 83.2 cm³/mol. The van der Waals surface area contributed by atoms with Gasteiger partial charge in [-0.05, 0) is 25.8 Å². The molecule has 0 aliphatic carbocycles. The minimum absolute atomic E-state index is 0.127. The van der Waals surface area contributed by atoms with E-state index in [4.69, 9.17) is 4.98 Å². The first-order valence-corrected chi connectivity index (χ1v) is 7.63. The van der Waals surface area contributed by atoms with Gasteiger partial charge in [-0.1, -0.05) is 0 Å². The van der Waals surface area contributed by atoms with Crippen molar-refractivity contribution in [2.45, 2.75) is 32.6 Å². The fourth-order valence-corrected chi connectivity index (χ4v) is 2.97. The van der Waals surface area contributed by atoms with Gasteiger partial charge in [0.15, 0.2) is 5.82 Å². The molecule has 6 nitrogen and oxygen atoms in total. The molecule has 0 unspecified atom stereocenters. The van der Waals surface area contributed by atoms with Gasteiger partial charge >= 0.3 is 0 Å². The van der Waals surface area contributed by atoms with Gasteiger partial charge in [0.2, 0.25) is 5.91 Å². The molecule has 2 aromatic heterocycles. The van der Waals surface area contributed by atoms with Crippen molar-refractivity contribution >= 4 is 5.91 Å². The van der Waals surface area contributed by atoms with Crippen molar-refractivity contribution in [2.24, 2.45) is 7.05 Å². The molecule has 0 N–H and O–H groups in total. The SMILES string of the molecule is CC(=O)N1CCC[C@@H](c2nc(C)cc(-c3nccn3C)n2)C1. The van der Waals surface area contributed by atoms with Gasteiger partial charge in [0.1, 0.15) is 11.5 Å². The van der Waals surface area contributed by atoms with Crippen LogP contribution in [0.4, 0.5) is 0 Å². The molecule has 22 heavy (non-hydrogen) atoms. The minimum Gasteiger partial charge on any atom is -0.342 e. The van der Waals surface area contributed by atoms with Crippen molar-refractivity contribution in [3.05, 3.63) is 30.0 Å². The topological polar surface area (TPSA) is 63.9 Å². The van der Waals surface area contributed by atoms with Gasteiger partial charge in [-0.3, -0.25) is 4.79 Å². The Morgan fingerprint density at radius 1 is 1.36 bits per heavy atom. The van der Waals surface area contributed by atoms with Crippen LogP contribution in [0, 0.1) is 6.92 Å². The maximum Gasteiger partial charge on any atom is 0.219 e. The van der Waals surface area contributed by atoms with E-state index in [2.05, 4.69) is 9.97 Å². The van der Waals surface area contributed by atoms with Gasteiger partial charge in [0.05, 0.1) is 0 Å². The summed E-state index contributed by atoms with van der Waals surface area (Å²) in [6, 6.07) is 1.96. The van der Waals surface area contributed by atoms with E-state index in [1.807, 2.05) is 35.7 Å². The van der Waals surface area contributed by atoms with E-state index < -0.39 is 0 Å². The quantitative estimate of drug-likeness (QED) is 0.850. The summed E-state index contributed by atoms with van der Waals surface area (Å²) in [4.78, 5) is 27.2. The van der Waals surface area contributed by atoms with Gasteiger partial charge in [-0.2, -0.15) is 0 Å². The number of hydrogen-bond donors (Lipinski definition) is 0. The number of rotatable bonds is 2. The van der Waals surface area contributed by atoms with Crippen molar-refractivity contribution < 1.29 is 4.79 Å². The van der Waals surface area contributed by atoms with Crippen LogP contribution >= 0.6 is 0 Å². The van der Waals surface area contributed by atoms with Gasteiger partial charge < -0.3 is 9.47 Å². The summed E-state index contributed by atoms with van der Waals surface area (Å²) in [5, 5.41) is 0. The second-order valence-corrected chi connectivity index (χ2v) is 5.92. The zero-order chi connectivity index (χ0) is 15.7. The molecule has 1 saturated heterocycles. The molecule has 0 spiro atoms. The molecule has 0 radical (unpaired) electrons. The van der Waals surface area contributed by atoms with E-state index >= 15 is 0 Å². The average molecular weight is 299 g/mol. The first-order valence-electron chi connectivity index (χ1n) is 7.63. The van der Waals surface area contributed by atoms with Crippen LogP contribution in [0.25, 0.3) is 11.5 Å². The van der Waals surface area contributed by atoms with Crippen molar-refractivity contribution in [3.63, 3.8) is 0 Å². The molecule has 1 atom stereocenters. The number of carbonyl (C=O) groups excluding carboxylic acids is 1. The smallest absolute Gasteiger partial charge is 0.219 e. The van der Waals surface area contributed by atoms with Crippen molar-refractivity contribution in [3.8, 4) is 11.5 Å². The summed E-state index contributed by atoms with van der Waals surface area (Å²) >= 11 is 0. The molecule has 0 saturated carbocycles. The third-order valence-corrected chi connectivity index (χ3v) is 4.15. The highest BCUT2D eigenvalue weighted by Gasteiger charge is 2.25. The molecular weight excluding hydrogens is 278 g/mol. The summed E-state index contributed by atoms with van der Waals surface area (Å²) in [6.45, 7) is 5.14. The number of piperidine rings is 1. The highest BCUT2D eigenvalue weighted by Crippen LogP contribution is 2.26. The third kappa shape index (κ3) is 2.86. The Hall–Kier alpha value is -2.24. The predicted octanol–water partition coefficient (Wildman–Crippen LogP) is 1.91. The normalized spacial score (nSPS) is 18.5. The number of amides is 1. The number of nitrogens with zero attached hydrogens (tertiary/aromatic N) is 5. The Morgan fingerprint density at radius 3 is 2.86 bits per heavy atom. The van der Waals surface area contributed by atoms with Crippen LogP contribution in [-0.2, 0) is 11.8 Å². The molecule has 3 rings (SSSR count). The first-order chi connectivity index (χ1) is 10.5. The zero-order valence-electron chi connectivity index (χ0n) is 13.3. The van der Waals surface area contributed by atoms with Crippen LogP contribution in [0.15, 0.2) is 18.5 Å². The fraction of sp³-hybridized carbons (Fsp3) is 0.500. The fourth-order valence-electron chi connectivity index (χ4n) is 2.97. The zero-order valence-corrected chi connectivity index (χ0v) is 13.3. The Kier molecular flexibility index (Phi) is 3.92. The van der Waals surface area contributed by atoms with E-state index in [9.17, 15) is 4.79 Å². The number of aromatic nitrogens is 4. The van der Waals surface area contributed by atoms with Crippen LogP contribution in [0.2, 0.25) is 0 Å². The summed E-state index contributed by atoms with van der Waals surface area (Å²) in [6.07, 6.45) is 5.70. The van der Waals surface area contributed by atoms with Crippen LogP contribution in [-0.4, -0.2) is 43.4 Å². The van der Waals surface area contributed by atoms with Crippen LogP contribution in [0.3, 0.4) is 0 Å². The summed E-state index contributed by atoms with van der Waals surface area (Å²) in [5.74, 6) is 1.99. The van der Waals surface area contributed by atoms with Gasteiger partial charge in [-0.15, -0.1) is 0 Å². The van der Waals surface area contributed by atoms with E-state index in [0.29, 0.717) is 6.54 Å². The molecular formula is C16H21N5O. The van der Waals surface area contributed by atoms with Gasteiger partial charge in [0, 0.05) is 51.1 Å². The van der Waals surface area contributed by atoms with Crippen LogP contribution in [0.1, 0.15) is 37.2 Å². The monoisotopic (exact) mass is 299 g/mol. The molecule has 0 bridgehead atoms. The minimum atomic E-state index is 0.127. The average Bonchev–Trinajstić information content (AvgIpc) is 2.93. The lowest BCUT2D eigenvalue weighted by Gasteiger charge is -2.31. The van der Waals surface area contributed by atoms with Crippen molar-refractivity contribution in [2.75, 3.05) is 13.1 Å². The van der Waals surface area contributed by atoms with E-state index in [1.165, 1.54) is 0 Å². The maximum absolute atomic E-state index is 11.6. The maximum atomic E-state index is 11.6. The van der Waals surface area contributed by atoms with Gasteiger partial charge in [-0.25, -0.2) is 15.0 Å². The molecule has 1 aliphatic rings. The van der Waals surface area contributed by atoms with E-state index in [0.717, 1.165) is 42.4 Å². The lowest BCUT2D eigenvalue weighted by molar-refractivity contribution is -0.130. The molecule has 3 heterocycles. The standard InChI is InChI=1S/C16H21N5O/c1-11-9-14(16-17-6-8-20(16)3)19-15(18-11)13-5-4-7-21(10-13)12(2)22/h6,8-9,13H,4-5,7,10H2,1-3H3/t13-/m1/s1. The second-order valence-electron chi connectivity index (χ2n) is 5.92. The Bertz CT molecular complexity index is 694. The Morgan fingerprint density at radius 2 is 2.18 bits per heavy atom. The molecule has 1 fully saturated rings. The lowest BCUT2D eigenvalue weighted by Crippen LogP contribution is -2.38. The molecule has 1 amide bonds. The Balaban J connectivity index is 1.93. The number of hydrogen-bond acceptors (Lipinski definition) is 4. The number of carbonyl (C=O) groups is 1. The third-order valence-electron chi connectivity index (χ3n) is 4.15. The van der Waals surface area contributed by atoms with Gasteiger partial charge in [0.25, 0.3) is 0 Å². The summed E-state index contributed by atoms with van der Waals surface area (Å²) in [7, 11) is 1.96. The molecule has 2 aromatic rings. The van der Waals surface area contributed by atoms with Crippen LogP contribution < -0.4 is 0 Å². The first kappa shape index (κ1) is 14.7.